The molecule has 1 atom stereocenters. The van der Waals surface area contributed by atoms with Crippen LogP contribution in [0.4, 0.5) is 4.39 Å². The van der Waals surface area contributed by atoms with E-state index in [2.05, 4.69) is 4.98 Å². The second kappa shape index (κ2) is 4.82. The molecule has 3 rings (SSSR count). The van der Waals surface area contributed by atoms with Gasteiger partial charge in [0.05, 0.1) is 0 Å². The van der Waals surface area contributed by atoms with Crippen LogP contribution in [0.25, 0.3) is 11.1 Å². The van der Waals surface area contributed by atoms with E-state index in [0.29, 0.717) is 23.4 Å². The molecule has 4 heteroatoms. The number of oxazole rings is 1. The SMILES string of the molecule is NC(Cc1nc2ccc(F)cc2o1)c1ccccc1. The molecule has 0 aliphatic carbocycles. The van der Waals surface area contributed by atoms with Gasteiger partial charge in [-0.15, -0.1) is 0 Å². The van der Waals surface area contributed by atoms with Gasteiger partial charge in [-0.05, 0) is 17.7 Å². The number of benzene rings is 2. The van der Waals surface area contributed by atoms with Gasteiger partial charge in [0, 0.05) is 18.5 Å². The standard InChI is InChI=1S/C15H13FN2O/c16-11-6-7-13-14(8-11)19-15(18-13)9-12(17)10-4-2-1-3-5-10/h1-8,12H,9,17H2. The Hall–Kier alpha value is -2.20. The molecule has 3 nitrogen and oxygen atoms in total. The minimum Gasteiger partial charge on any atom is -0.441 e. The van der Waals surface area contributed by atoms with Crippen LogP contribution in [0.5, 0.6) is 0 Å². The third-order valence-corrected chi connectivity index (χ3v) is 3.02. The van der Waals surface area contributed by atoms with Crippen LogP contribution in [0.3, 0.4) is 0 Å². The number of hydrogen-bond acceptors (Lipinski definition) is 3. The molecule has 0 spiro atoms. The molecule has 1 aromatic heterocycles. The Labute approximate surface area is 109 Å². The Kier molecular flexibility index (Phi) is 3.01. The first-order valence-electron chi connectivity index (χ1n) is 6.08. The molecule has 0 saturated carbocycles. The number of halogens is 1. The fraction of sp³-hybridized carbons (Fsp3) is 0.133. The highest BCUT2D eigenvalue weighted by atomic mass is 19.1. The summed E-state index contributed by atoms with van der Waals surface area (Å²) in [5.74, 6) is 0.194. The van der Waals surface area contributed by atoms with Gasteiger partial charge in [0.1, 0.15) is 11.3 Å². The monoisotopic (exact) mass is 256 g/mol. The summed E-state index contributed by atoms with van der Waals surface area (Å²) in [6.07, 6.45) is 0.486. The summed E-state index contributed by atoms with van der Waals surface area (Å²) < 4.78 is 18.6. The fourth-order valence-electron chi connectivity index (χ4n) is 2.04. The van der Waals surface area contributed by atoms with Crippen LogP contribution >= 0.6 is 0 Å². The van der Waals surface area contributed by atoms with Gasteiger partial charge in [0.15, 0.2) is 11.5 Å². The van der Waals surface area contributed by atoms with Gasteiger partial charge in [-0.1, -0.05) is 30.3 Å². The van der Waals surface area contributed by atoms with E-state index in [1.54, 1.807) is 6.07 Å². The molecule has 0 bridgehead atoms. The van der Waals surface area contributed by atoms with Crippen molar-refractivity contribution in [1.82, 2.24) is 4.98 Å². The van der Waals surface area contributed by atoms with Gasteiger partial charge in [0.2, 0.25) is 0 Å². The predicted octanol–water partition coefficient (Wildman–Crippen LogP) is 3.21. The highest BCUT2D eigenvalue weighted by Crippen LogP contribution is 2.20. The molecule has 96 valence electrons. The molecule has 0 radical (unpaired) electrons. The highest BCUT2D eigenvalue weighted by Gasteiger charge is 2.12. The van der Waals surface area contributed by atoms with E-state index in [1.165, 1.54) is 12.1 Å². The lowest BCUT2D eigenvalue weighted by atomic mass is 10.1. The van der Waals surface area contributed by atoms with Crippen LogP contribution in [0.2, 0.25) is 0 Å². The van der Waals surface area contributed by atoms with Crippen molar-refractivity contribution in [3.63, 3.8) is 0 Å². The van der Waals surface area contributed by atoms with Gasteiger partial charge in [-0.2, -0.15) is 0 Å². The van der Waals surface area contributed by atoms with Crippen LogP contribution in [0, 0.1) is 5.82 Å². The average Bonchev–Trinajstić information content (AvgIpc) is 2.81. The lowest BCUT2D eigenvalue weighted by Gasteiger charge is -2.08. The molecule has 0 aliphatic heterocycles. The zero-order valence-corrected chi connectivity index (χ0v) is 10.2. The summed E-state index contributed by atoms with van der Waals surface area (Å²) in [7, 11) is 0. The summed E-state index contributed by atoms with van der Waals surface area (Å²) in [6, 6.07) is 13.9. The molecule has 1 heterocycles. The van der Waals surface area contributed by atoms with Crippen molar-refractivity contribution in [2.24, 2.45) is 5.73 Å². The summed E-state index contributed by atoms with van der Waals surface area (Å²) >= 11 is 0. The zero-order valence-electron chi connectivity index (χ0n) is 10.2. The van der Waals surface area contributed by atoms with Crippen molar-refractivity contribution in [3.05, 3.63) is 65.8 Å². The predicted molar refractivity (Wildman–Crippen MR) is 71.0 cm³/mol. The van der Waals surface area contributed by atoms with Crippen LogP contribution < -0.4 is 5.73 Å². The fourth-order valence-corrected chi connectivity index (χ4v) is 2.04. The van der Waals surface area contributed by atoms with Crippen LogP contribution in [-0.4, -0.2) is 4.98 Å². The Morgan fingerprint density at radius 2 is 1.95 bits per heavy atom. The van der Waals surface area contributed by atoms with Crippen molar-refractivity contribution in [3.8, 4) is 0 Å². The molecule has 1 unspecified atom stereocenters. The lowest BCUT2D eigenvalue weighted by Crippen LogP contribution is -2.13. The van der Waals surface area contributed by atoms with E-state index in [-0.39, 0.29) is 11.9 Å². The van der Waals surface area contributed by atoms with E-state index in [4.69, 9.17) is 10.2 Å². The lowest BCUT2D eigenvalue weighted by molar-refractivity contribution is 0.500. The minimum absolute atomic E-state index is 0.181. The van der Waals surface area contributed by atoms with Crippen LogP contribution in [-0.2, 0) is 6.42 Å². The van der Waals surface area contributed by atoms with Crippen LogP contribution in [0.1, 0.15) is 17.5 Å². The molecular weight excluding hydrogens is 243 g/mol. The highest BCUT2D eigenvalue weighted by molar-refractivity contribution is 5.72. The quantitative estimate of drug-likeness (QED) is 0.782. The van der Waals surface area contributed by atoms with Gasteiger partial charge in [0.25, 0.3) is 0 Å². The Morgan fingerprint density at radius 1 is 1.16 bits per heavy atom. The summed E-state index contributed by atoms with van der Waals surface area (Å²) in [4.78, 5) is 4.31. The largest absolute Gasteiger partial charge is 0.441 e. The molecule has 2 aromatic carbocycles. The number of nitrogens with zero attached hydrogens (tertiary/aromatic N) is 1. The van der Waals surface area contributed by atoms with E-state index < -0.39 is 0 Å². The van der Waals surface area contributed by atoms with Crippen molar-refractivity contribution >= 4 is 11.1 Å². The molecule has 0 aliphatic rings. The third-order valence-electron chi connectivity index (χ3n) is 3.02. The third kappa shape index (κ3) is 2.48. The maximum absolute atomic E-state index is 13.1. The molecule has 0 fully saturated rings. The van der Waals surface area contributed by atoms with E-state index in [1.807, 2.05) is 30.3 Å². The first-order valence-corrected chi connectivity index (χ1v) is 6.08. The zero-order chi connectivity index (χ0) is 13.2. The molecule has 3 aromatic rings. The average molecular weight is 256 g/mol. The number of aromatic nitrogens is 1. The number of fused-ring (bicyclic) bond motifs is 1. The number of hydrogen-bond donors (Lipinski definition) is 1. The maximum atomic E-state index is 13.1. The Morgan fingerprint density at radius 3 is 2.74 bits per heavy atom. The van der Waals surface area contributed by atoms with Crippen molar-refractivity contribution in [2.75, 3.05) is 0 Å². The van der Waals surface area contributed by atoms with Gasteiger partial charge in [-0.3, -0.25) is 0 Å². The minimum atomic E-state index is -0.331. The van der Waals surface area contributed by atoms with Crippen LogP contribution in [0.15, 0.2) is 52.9 Å². The first-order chi connectivity index (χ1) is 9.22. The Bertz CT molecular complexity index is 694. The van der Waals surface area contributed by atoms with Gasteiger partial charge in [-0.25, -0.2) is 9.37 Å². The smallest absolute Gasteiger partial charge is 0.197 e. The first kappa shape index (κ1) is 11.9. The van der Waals surface area contributed by atoms with Gasteiger partial charge < -0.3 is 10.2 Å². The molecule has 19 heavy (non-hydrogen) atoms. The second-order valence-corrected chi connectivity index (χ2v) is 4.44. The molecule has 0 amide bonds. The van der Waals surface area contributed by atoms with Gasteiger partial charge >= 0.3 is 0 Å². The normalized spacial score (nSPS) is 12.7. The topological polar surface area (TPSA) is 52.0 Å². The maximum Gasteiger partial charge on any atom is 0.197 e. The molecule has 2 N–H and O–H groups in total. The van der Waals surface area contributed by atoms with Crippen molar-refractivity contribution in [2.45, 2.75) is 12.5 Å². The summed E-state index contributed by atoms with van der Waals surface area (Å²) in [6.45, 7) is 0. The van der Waals surface area contributed by atoms with E-state index >= 15 is 0 Å². The molecule has 0 saturated heterocycles. The van der Waals surface area contributed by atoms with Crippen molar-refractivity contribution < 1.29 is 8.81 Å². The number of nitrogens with two attached hydrogens (primary N) is 1. The summed E-state index contributed by atoms with van der Waals surface area (Å²) in [5.41, 5.74) is 8.23. The van der Waals surface area contributed by atoms with E-state index in [9.17, 15) is 4.39 Å². The molecular formula is C15H13FN2O. The van der Waals surface area contributed by atoms with Crippen molar-refractivity contribution in [1.29, 1.82) is 0 Å². The Balaban J connectivity index is 1.85. The second-order valence-electron chi connectivity index (χ2n) is 4.44. The van der Waals surface area contributed by atoms with E-state index in [0.717, 1.165) is 5.56 Å². The number of rotatable bonds is 3. The summed E-state index contributed by atoms with van der Waals surface area (Å²) in [5, 5.41) is 0.